The summed E-state index contributed by atoms with van der Waals surface area (Å²) < 4.78 is 0. The van der Waals surface area contributed by atoms with E-state index in [1.54, 1.807) is 0 Å². The summed E-state index contributed by atoms with van der Waals surface area (Å²) in [4.78, 5) is 5.71. The summed E-state index contributed by atoms with van der Waals surface area (Å²) in [6.45, 7) is 4.62. The fourth-order valence-corrected chi connectivity index (χ4v) is 8.34. The Hall–Kier alpha value is -2.94. The molecule has 0 atom stereocenters. The van der Waals surface area contributed by atoms with Gasteiger partial charge in [0.1, 0.15) is 0 Å². The summed E-state index contributed by atoms with van der Waals surface area (Å²) in [7, 11) is 0. The molecular formula is C33H26S2. The molecule has 0 amide bonds. The quantitative estimate of drug-likeness (QED) is 0.227. The number of hydrogen-bond donors (Lipinski definition) is 0. The van der Waals surface area contributed by atoms with Crippen LogP contribution >= 0.6 is 23.5 Å². The van der Waals surface area contributed by atoms with E-state index in [1.807, 2.05) is 23.5 Å². The van der Waals surface area contributed by atoms with Gasteiger partial charge in [-0.1, -0.05) is 116 Å². The summed E-state index contributed by atoms with van der Waals surface area (Å²) in [6, 6.07) is 34.1. The van der Waals surface area contributed by atoms with Crippen molar-refractivity contribution >= 4 is 55.8 Å². The minimum atomic E-state index is 0.522. The molecule has 1 aliphatic heterocycles. The normalized spacial score (nSPS) is 13.1. The Morgan fingerprint density at radius 3 is 1.89 bits per heavy atom. The van der Waals surface area contributed by atoms with Gasteiger partial charge in [0.05, 0.1) is 0 Å². The Morgan fingerprint density at radius 2 is 1.14 bits per heavy atom. The highest BCUT2D eigenvalue weighted by molar-refractivity contribution is 8.05. The van der Waals surface area contributed by atoms with Crippen molar-refractivity contribution in [1.82, 2.24) is 0 Å². The van der Waals surface area contributed by atoms with Crippen molar-refractivity contribution in [2.45, 2.75) is 52.2 Å². The Labute approximate surface area is 215 Å². The predicted molar refractivity (Wildman–Crippen MR) is 153 cm³/mol. The molecule has 170 valence electrons. The van der Waals surface area contributed by atoms with E-state index >= 15 is 0 Å². The lowest BCUT2D eigenvalue weighted by Crippen LogP contribution is -2.03. The smallest absolute Gasteiger partial charge is 0.0299 e. The molecule has 1 aliphatic rings. The molecule has 0 bridgehead atoms. The van der Waals surface area contributed by atoms with Gasteiger partial charge < -0.3 is 0 Å². The second kappa shape index (κ2) is 8.33. The number of aryl methyl sites for hydroxylation is 2. The third-order valence-electron chi connectivity index (χ3n) is 7.40. The van der Waals surface area contributed by atoms with Gasteiger partial charge in [-0.3, -0.25) is 0 Å². The minimum absolute atomic E-state index is 0.522. The van der Waals surface area contributed by atoms with Crippen LogP contribution in [0.1, 0.15) is 36.5 Å². The maximum atomic E-state index is 2.39. The van der Waals surface area contributed by atoms with Crippen molar-refractivity contribution in [3.05, 3.63) is 108 Å². The average molecular weight is 487 g/mol. The first-order valence-corrected chi connectivity index (χ1v) is 14.1. The maximum absolute atomic E-state index is 2.39. The third-order valence-corrected chi connectivity index (χ3v) is 10.1. The largest absolute Gasteiger partial charge is 0.0874 e. The van der Waals surface area contributed by atoms with Crippen LogP contribution in [0.2, 0.25) is 0 Å². The lowest BCUT2D eigenvalue weighted by molar-refractivity contribution is 0.814. The van der Waals surface area contributed by atoms with Crippen LogP contribution in [-0.2, 0) is 12.8 Å². The van der Waals surface area contributed by atoms with Crippen molar-refractivity contribution in [3.63, 3.8) is 0 Å². The Bertz CT molecular complexity index is 1710. The zero-order valence-corrected chi connectivity index (χ0v) is 21.6. The van der Waals surface area contributed by atoms with Gasteiger partial charge in [-0.05, 0) is 79.9 Å². The molecule has 1 heterocycles. The van der Waals surface area contributed by atoms with E-state index in [4.69, 9.17) is 0 Å². The molecule has 0 nitrogen and oxygen atoms in total. The average Bonchev–Trinajstić information content (AvgIpc) is 2.89. The summed E-state index contributed by atoms with van der Waals surface area (Å²) in [5, 5.41) is 8.26. The molecule has 0 aliphatic carbocycles. The number of rotatable bonds is 4. The van der Waals surface area contributed by atoms with E-state index in [-0.39, 0.29) is 0 Å². The van der Waals surface area contributed by atoms with Crippen molar-refractivity contribution in [2.75, 3.05) is 0 Å². The SMILES string of the molecule is CC(C)c1ccc(CCc2ccc3ccc4cccc5ccc2c3c45)c2c1Sc1ccccc1S2. The van der Waals surface area contributed by atoms with Crippen molar-refractivity contribution in [2.24, 2.45) is 0 Å². The molecule has 6 aromatic rings. The standard InChI is InChI=1S/C33H26S2/c1-20(2)26-18-17-25(32-33(26)35-29-9-4-3-8-28(29)34-32)15-11-21-10-12-24-14-13-22-6-5-7-23-16-19-27(21)31(24)30(22)23/h3-10,12-14,16-20H,11,15H2,1-2H3. The highest BCUT2D eigenvalue weighted by Gasteiger charge is 2.23. The molecule has 7 rings (SSSR count). The Kier molecular flexibility index (Phi) is 5.08. The van der Waals surface area contributed by atoms with Crippen molar-refractivity contribution < 1.29 is 0 Å². The Morgan fingerprint density at radius 1 is 0.543 bits per heavy atom. The highest BCUT2D eigenvalue weighted by atomic mass is 32.2. The zero-order valence-electron chi connectivity index (χ0n) is 20.0. The summed E-state index contributed by atoms with van der Waals surface area (Å²) >= 11 is 3.92. The topological polar surface area (TPSA) is 0 Å². The zero-order chi connectivity index (χ0) is 23.5. The summed E-state index contributed by atoms with van der Waals surface area (Å²) in [6.07, 6.45) is 2.11. The summed E-state index contributed by atoms with van der Waals surface area (Å²) in [5.41, 5.74) is 4.40. The van der Waals surface area contributed by atoms with E-state index < -0.39 is 0 Å². The molecule has 35 heavy (non-hydrogen) atoms. The molecule has 2 heteroatoms. The first kappa shape index (κ1) is 21.4. The van der Waals surface area contributed by atoms with Gasteiger partial charge in [-0.15, -0.1) is 0 Å². The van der Waals surface area contributed by atoms with Crippen LogP contribution < -0.4 is 0 Å². The first-order valence-electron chi connectivity index (χ1n) is 12.4. The molecule has 0 spiro atoms. The molecular weight excluding hydrogens is 460 g/mol. The molecule has 0 radical (unpaired) electrons. The molecule has 0 saturated heterocycles. The molecule has 6 aromatic carbocycles. The minimum Gasteiger partial charge on any atom is -0.0874 e. The molecule has 0 N–H and O–H groups in total. The fraction of sp³-hybridized carbons (Fsp3) is 0.152. The maximum Gasteiger partial charge on any atom is 0.0299 e. The predicted octanol–water partition coefficient (Wildman–Crippen LogP) is 10.1. The molecule has 0 saturated carbocycles. The van der Waals surface area contributed by atoms with Gasteiger partial charge in [-0.2, -0.15) is 0 Å². The van der Waals surface area contributed by atoms with E-state index in [2.05, 4.69) is 105 Å². The third kappa shape index (κ3) is 3.46. The van der Waals surface area contributed by atoms with Gasteiger partial charge in [0.2, 0.25) is 0 Å². The van der Waals surface area contributed by atoms with Crippen molar-refractivity contribution in [1.29, 1.82) is 0 Å². The summed E-state index contributed by atoms with van der Waals surface area (Å²) in [5.74, 6) is 0.522. The van der Waals surface area contributed by atoms with E-state index in [1.165, 1.54) is 68.6 Å². The second-order valence-electron chi connectivity index (χ2n) is 9.86. The van der Waals surface area contributed by atoms with Crippen LogP contribution in [0.3, 0.4) is 0 Å². The van der Waals surface area contributed by atoms with Gasteiger partial charge >= 0.3 is 0 Å². The number of benzene rings is 6. The van der Waals surface area contributed by atoms with Gasteiger partial charge in [0.15, 0.2) is 0 Å². The van der Waals surface area contributed by atoms with Crippen LogP contribution in [0.25, 0.3) is 32.3 Å². The van der Waals surface area contributed by atoms with Crippen LogP contribution in [0.5, 0.6) is 0 Å². The van der Waals surface area contributed by atoms with E-state index in [0.29, 0.717) is 5.92 Å². The second-order valence-corrected chi connectivity index (χ2v) is 12.0. The van der Waals surface area contributed by atoms with Crippen LogP contribution in [0.4, 0.5) is 0 Å². The number of hydrogen-bond acceptors (Lipinski definition) is 2. The fourth-order valence-electron chi connectivity index (χ4n) is 5.61. The first-order chi connectivity index (χ1) is 17.2. The Balaban J connectivity index is 1.30. The van der Waals surface area contributed by atoms with Crippen LogP contribution in [0.15, 0.2) is 111 Å². The van der Waals surface area contributed by atoms with Crippen molar-refractivity contribution in [3.8, 4) is 0 Å². The molecule has 0 aromatic heterocycles. The monoisotopic (exact) mass is 486 g/mol. The van der Waals surface area contributed by atoms with E-state index in [9.17, 15) is 0 Å². The van der Waals surface area contributed by atoms with Crippen LogP contribution in [-0.4, -0.2) is 0 Å². The van der Waals surface area contributed by atoms with Gasteiger partial charge in [0.25, 0.3) is 0 Å². The lowest BCUT2D eigenvalue weighted by Gasteiger charge is -2.25. The molecule has 0 unspecified atom stereocenters. The lowest BCUT2D eigenvalue weighted by atomic mass is 9.90. The van der Waals surface area contributed by atoms with E-state index in [0.717, 1.165) is 12.8 Å². The highest BCUT2D eigenvalue weighted by Crippen LogP contribution is 2.52. The van der Waals surface area contributed by atoms with Gasteiger partial charge in [-0.25, -0.2) is 0 Å². The molecule has 0 fully saturated rings. The number of fused-ring (bicyclic) bond motifs is 2. The van der Waals surface area contributed by atoms with Crippen LogP contribution in [0, 0.1) is 0 Å². The van der Waals surface area contributed by atoms with Gasteiger partial charge in [0, 0.05) is 19.6 Å².